The average molecular weight is 343 g/mol. The summed E-state index contributed by atoms with van der Waals surface area (Å²) in [6.07, 6.45) is 0. The maximum atomic E-state index is 12.5. The molecule has 0 unspecified atom stereocenters. The number of amides is 1. The van der Waals surface area contributed by atoms with Gasteiger partial charge in [-0.05, 0) is 18.4 Å². The van der Waals surface area contributed by atoms with E-state index < -0.39 is 17.7 Å². The number of aliphatic hydroxyl groups excluding tert-OH is 2. The minimum absolute atomic E-state index is 0.0395. The highest BCUT2D eigenvalue weighted by Crippen LogP contribution is 2.40. The van der Waals surface area contributed by atoms with E-state index in [-0.39, 0.29) is 24.5 Å². The second kappa shape index (κ2) is 6.59. The Morgan fingerprint density at radius 1 is 1.21 bits per heavy atom. The molecule has 1 atom stereocenters. The van der Waals surface area contributed by atoms with Crippen LogP contribution in [0.2, 0.25) is 0 Å². The average Bonchev–Trinajstić information content (AvgIpc) is 3.18. The molecule has 2 aromatic rings. The van der Waals surface area contributed by atoms with E-state index in [2.05, 4.69) is 0 Å². The van der Waals surface area contributed by atoms with Crippen molar-refractivity contribution in [1.82, 2.24) is 4.90 Å². The first-order valence-electron chi connectivity index (χ1n) is 7.54. The lowest BCUT2D eigenvalue weighted by Crippen LogP contribution is -2.31. The normalized spacial score (nSPS) is 19.9. The Bertz CT molecular complexity index is 793. The maximum Gasteiger partial charge on any atom is 0.295 e. The first-order chi connectivity index (χ1) is 11.5. The molecular weight excluding hydrogens is 326 g/mol. The summed E-state index contributed by atoms with van der Waals surface area (Å²) in [4.78, 5) is 26.9. The fraction of sp³-hybridized carbons (Fsp3) is 0.222. The minimum Gasteiger partial charge on any atom is -0.507 e. The molecule has 6 heteroatoms. The van der Waals surface area contributed by atoms with Crippen molar-refractivity contribution in [3.05, 3.63) is 63.4 Å². The van der Waals surface area contributed by atoms with E-state index in [0.717, 1.165) is 10.4 Å². The van der Waals surface area contributed by atoms with Gasteiger partial charge in [0.15, 0.2) is 0 Å². The van der Waals surface area contributed by atoms with Crippen LogP contribution in [0.1, 0.15) is 22.0 Å². The van der Waals surface area contributed by atoms with Gasteiger partial charge in [-0.15, -0.1) is 11.3 Å². The number of aliphatic hydroxyl groups is 2. The third-order valence-corrected chi connectivity index (χ3v) is 4.94. The van der Waals surface area contributed by atoms with E-state index in [9.17, 15) is 19.8 Å². The quantitative estimate of drug-likeness (QED) is 0.508. The molecule has 0 aliphatic carbocycles. The lowest BCUT2D eigenvalue weighted by molar-refractivity contribution is -0.140. The summed E-state index contributed by atoms with van der Waals surface area (Å²) in [6.45, 7) is 1.72. The Morgan fingerprint density at radius 3 is 2.50 bits per heavy atom. The molecule has 1 amide bonds. The van der Waals surface area contributed by atoms with Crippen molar-refractivity contribution in [2.24, 2.45) is 0 Å². The number of ketones is 1. The topological polar surface area (TPSA) is 77.8 Å². The van der Waals surface area contributed by atoms with Crippen LogP contribution < -0.4 is 0 Å². The molecule has 3 rings (SSSR count). The van der Waals surface area contributed by atoms with Crippen molar-refractivity contribution in [2.75, 3.05) is 13.2 Å². The predicted octanol–water partition coefficient (Wildman–Crippen LogP) is 2.47. The molecule has 1 fully saturated rings. The van der Waals surface area contributed by atoms with Crippen molar-refractivity contribution in [1.29, 1.82) is 0 Å². The van der Waals surface area contributed by atoms with Gasteiger partial charge in [-0.25, -0.2) is 0 Å². The zero-order valence-electron chi connectivity index (χ0n) is 13.1. The van der Waals surface area contributed by atoms with Gasteiger partial charge in [0, 0.05) is 17.0 Å². The maximum absolute atomic E-state index is 12.5. The third kappa shape index (κ3) is 2.74. The first-order valence-corrected chi connectivity index (χ1v) is 8.42. The number of hydrogen-bond acceptors (Lipinski definition) is 5. The van der Waals surface area contributed by atoms with Crippen molar-refractivity contribution in [3.63, 3.8) is 0 Å². The van der Waals surface area contributed by atoms with Gasteiger partial charge in [-0.2, -0.15) is 0 Å². The first kappa shape index (κ1) is 16.4. The Hall–Kier alpha value is -2.44. The van der Waals surface area contributed by atoms with Crippen LogP contribution in [0.3, 0.4) is 0 Å². The molecular formula is C18H17NO4S. The second-order valence-corrected chi connectivity index (χ2v) is 6.58. The van der Waals surface area contributed by atoms with Crippen LogP contribution in [-0.4, -0.2) is 40.0 Å². The minimum atomic E-state index is -0.722. The van der Waals surface area contributed by atoms with Crippen LogP contribution >= 0.6 is 11.3 Å². The Balaban J connectivity index is 2.15. The monoisotopic (exact) mass is 343 g/mol. The second-order valence-electron chi connectivity index (χ2n) is 5.60. The summed E-state index contributed by atoms with van der Waals surface area (Å²) in [5.41, 5.74) is 1.59. The predicted molar refractivity (Wildman–Crippen MR) is 91.6 cm³/mol. The molecule has 124 valence electrons. The summed E-state index contributed by atoms with van der Waals surface area (Å²) in [5, 5.41) is 21.8. The Kier molecular flexibility index (Phi) is 4.51. The molecule has 2 heterocycles. The lowest BCUT2D eigenvalue weighted by atomic mass is 9.99. The van der Waals surface area contributed by atoms with Crippen LogP contribution in [0, 0.1) is 6.92 Å². The number of thiophene rings is 1. The van der Waals surface area contributed by atoms with Crippen molar-refractivity contribution in [2.45, 2.75) is 13.0 Å². The Morgan fingerprint density at radius 2 is 1.92 bits per heavy atom. The summed E-state index contributed by atoms with van der Waals surface area (Å²) in [6, 6.07) is 10.1. The number of hydrogen-bond donors (Lipinski definition) is 2. The van der Waals surface area contributed by atoms with Gasteiger partial charge in [-0.1, -0.05) is 35.9 Å². The highest BCUT2D eigenvalue weighted by Gasteiger charge is 2.46. The van der Waals surface area contributed by atoms with Crippen LogP contribution in [0.15, 0.2) is 47.4 Å². The van der Waals surface area contributed by atoms with E-state index in [1.165, 1.54) is 16.2 Å². The SMILES string of the molecule is Cc1ccc(C(O)=C2C(=O)C(=O)N(CCO)[C@H]2c2cccs2)cc1. The number of aryl methyl sites for hydroxylation is 1. The fourth-order valence-electron chi connectivity index (χ4n) is 2.83. The van der Waals surface area contributed by atoms with Gasteiger partial charge >= 0.3 is 0 Å². The van der Waals surface area contributed by atoms with Gasteiger partial charge in [-0.3, -0.25) is 9.59 Å². The molecule has 1 aliphatic rings. The van der Waals surface area contributed by atoms with Gasteiger partial charge < -0.3 is 15.1 Å². The van der Waals surface area contributed by atoms with Crippen molar-refractivity contribution >= 4 is 28.8 Å². The van der Waals surface area contributed by atoms with Gasteiger partial charge in [0.1, 0.15) is 5.76 Å². The zero-order valence-corrected chi connectivity index (χ0v) is 13.9. The van der Waals surface area contributed by atoms with Crippen molar-refractivity contribution in [3.8, 4) is 0 Å². The van der Waals surface area contributed by atoms with Crippen LogP contribution in [0.4, 0.5) is 0 Å². The van der Waals surface area contributed by atoms with Crippen LogP contribution in [0.5, 0.6) is 0 Å². The number of carbonyl (C=O) groups is 2. The lowest BCUT2D eigenvalue weighted by Gasteiger charge is -2.23. The van der Waals surface area contributed by atoms with Gasteiger partial charge in [0.05, 0.1) is 18.2 Å². The molecule has 24 heavy (non-hydrogen) atoms. The molecule has 0 radical (unpaired) electrons. The summed E-state index contributed by atoms with van der Waals surface area (Å²) >= 11 is 1.40. The molecule has 0 saturated carbocycles. The van der Waals surface area contributed by atoms with E-state index in [1.807, 2.05) is 36.6 Å². The highest BCUT2D eigenvalue weighted by atomic mass is 32.1. The number of rotatable bonds is 4. The molecule has 1 aromatic heterocycles. The van der Waals surface area contributed by atoms with Crippen LogP contribution in [0.25, 0.3) is 5.76 Å². The van der Waals surface area contributed by atoms with Gasteiger partial charge in [0.25, 0.3) is 11.7 Å². The highest BCUT2D eigenvalue weighted by molar-refractivity contribution is 7.10. The summed E-state index contributed by atoms with van der Waals surface area (Å²) < 4.78 is 0. The zero-order chi connectivity index (χ0) is 17.3. The molecule has 5 nitrogen and oxygen atoms in total. The van der Waals surface area contributed by atoms with E-state index in [1.54, 1.807) is 12.1 Å². The molecule has 0 spiro atoms. The van der Waals surface area contributed by atoms with E-state index in [0.29, 0.717) is 5.56 Å². The molecule has 1 aromatic carbocycles. The molecule has 1 aliphatic heterocycles. The third-order valence-electron chi connectivity index (χ3n) is 4.02. The van der Waals surface area contributed by atoms with E-state index in [4.69, 9.17) is 0 Å². The number of nitrogens with zero attached hydrogens (tertiary/aromatic N) is 1. The molecule has 0 bridgehead atoms. The Labute approximate surface area is 143 Å². The smallest absolute Gasteiger partial charge is 0.295 e. The van der Waals surface area contributed by atoms with E-state index >= 15 is 0 Å². The number of likely N-dealkylation sites (tertiary alicyclic amines) is 1. The number of β-amino-alcohol motifs (C(OH)–C–C–N with tert-alkyl or cyclic N) is 1. The summed E-state index contributed by atoms with van der Waals surface area (Å²) in [5.74, 6) is -1.61. The number of Topliss-reactive ketones (excluding diaryl/α,β-unsaturated/α-hetero) is 1. The summed E-state index contributed by atoms with van der Waals surface area (Å²) in [7, 11) is 0. The molecule has 1 saturated heterocycles. The molecule has 2 N–H and O–H groups in total. The number of carbonyl (C=O) groups excluding carboxylic acids is 2. The fourth-order valence-corrected chi connectivity index (χ4v) is 3.67. The van der Waals surface area contributed by atoms with Crippen molar-refractivity contribution < 1.29 is 19.8 Å². The largest absolute Gasteiger partial charge is 0.507 e. The van der Waals surface area contributed by atoms with Gasteiger partial charge in [0.2, 0.25) is 0 Å². The number of benzene rings is 1. The standard InChI is InChI=1S/C18H17NO4S/c1-11-4-6-12(7-5-11)16(21)14-15(13-3-2-10-24-13)19(8-9-20)18(23)17(14)22/h2-7,10,15,20-21H,8-9H2,1H3/t15-/m0/s1. The van der Waals surface area contributed by atoms with Crippen LogP contribution in [-0.2, 0) is 9.59 Å².